The van der Waals surface area contributed by atoms with E-state index in [4.69, 9.17) is 10.2 Å². The maximum absolute atomic E-state index is 12.7. The third kappa shape index (κ3) is 3.95. The van der Waals surface area contributed by atoms with E-state index in [0.29, 0.717) is 11.7 Å². The van der Waals surface area contributed by atoms with E-state index in [0.717, 1.165) is 5.56 Å². The number of oxazole rings is 1. The highest BCUT2D eigenvalue weighted by Crippen LogP contribution is 2.35. The Morgan fingerprint density at radius 3 is 2.52 bits per heavy atom. The van der Waals surface area contributed by atoms with Crippen LogP contribution in [0.2, 0.25) is 0 Å². The molecule has 0 fully saturated rings. The maximum Gasteiger partial charge on any atom is 0.255 e. The molecule has 1 heterocycles. The van der Waals surface area contributed by atoms with E-state index < -0.39 is 11.9 Å². The van der Waals surface area contributed by atoms with Gasteiger partial charge in [-0.3, -0.25) is 4.79 Å². The quantitative estimate of drug-likeness (QED) is 0.476. The van der Waals surface area contributed by atoms with Gasteiger partial charge in [0.25, 0.3) is 5.91 Å². The summed E-state index contributed by atoms with van der Waals surface area (Å²) in [6, 6.07) is 13.8. The van der Waals surface area contributed by atoms with Crippen LogP contribution in [0.5, 0.6) is 5.75 Å². The van der Waals surface area contributed by atoms with Crippen LogP contribution in [0.15, 0.2) is 59.1 Å². The number of benzene rings is 2. The lowest BCUT2D eigenvalue weighted by Crippen LogP contribution is -2.37. The molecule has 0 bridgehead atoms. The molecule has 2 aromatic carbocycles. The van der Waals surface area contributed by atoms with Crippen molar-refractivity contribution in [3.8, 4) is 17.1 Å². The van der Waals surface area contributed by atoms with Crippen LogP contribution in [0.1, 0.15) is 43.1 Å². The summed E-state index contributed by atoms with van der Waals surface area (Å²) in [6.45, 7) is 5.93. The monoisotopic (exact) mass is 365 g/mol. The topological polar surface area (TPSA) is 101 Å². The van der Waals surface area contributed by atoms with Crippen LogP contribution in [0, 0.1) is 5.41 Å². The minimum Gasteiger partial charge on any atom is -0.505 e. The van der Waals surface area contributed by atoms with Gasteiger partial charge in [-0.25, -0.2) is 4.98 Å². The zero-order chi connectivity index (χ0) is 19.6. The second-order valence-electron chi connectivity index (χ2n) is 7.44. The number of aromatic nitrogens is 1. The van der Waals surface area contributed by atoms with Gasteiger partial charge < -0.3 is 20.6 Å². The molecule has 6 nitrogen and oxygen atoms in total. The number of anilines is 1. The van der Waals surface area contributed by atoms with Gasteiger partial charge in [-0.2, -0.15) is 0 Å². The largest absolute Gasteiger partial charge is 0.505 e. The van der Waals surface area contributed by atoms with Gasteiger partial charge in [0.15, 0.2) is 11.5 Å². The lowest BCUT2D eigenvalue weighted by atomic mass is 9.86. The average Bonchev–Trinajstić information content (AvgIpc) is 3.11. The zero-order valence-corrected chi connectivity index (χ0v) is 15.6. The van der Waals surface area contributed by atoms with Crippen molar-refractivity contribution in [2.24, 2.45) is 5.41 Å². The molecule has 140 valence electrons. The summed E-state index contributed by atoms with van der Waals surface area (Å²) in [7, 11) is 0. The van der Waals surface area contributed by atoms with Crippen molar-refractivity contribution in [1.29, 1.82) is 0 Å². The molecule has 0 radical (unpaired) electrons. The van der Waals surface area contributed by atoms with Crippen molar-refractivity contribution in [2.75, 3.05) is 5.73 Å². The SMILES string of the molecule is CC(C)(C)C(NC(=O)c1cccc(N)c1O)c1ncc(-c2ccccc2)o1. The number of carbonyl (C=O) groups is 1. The number of hydrogen-bond acceptors (Lipinski definition) is 5. The van der Waals surface area contributed by atoms with E-state index in [2.05, 4.69) is 10.3 Å². The average molecular weight is 365 g/mol. The molecule has 0 spiro atoms. The van der Waals surface area contributed by atoms with Gasteiger partial charge in [-0.05, 0) is 17.5 Å². The number of para-hydroxylation sites is 1. The van der Waals surface area contributed by atoms with Gasteiger partial charge in [0.1, 0.15) is 6.04 Å². The number of hydrogen-bond donors (Lipinski definition) is 3. The highest BCUT2D eigenvalue weighted by molar-refractivity contribution is 5.98. The Kier molecular flexibility index (Phi) is 4.90. The molecule has 0 aliphatic heterocycles. The van der Waals surface area contributed by atoms with Gasteiger partial charge in [0, 0.05) is 5.56 Å². The number of nitrogens with one attached hydrogen (secondary N) is 1. The highest BCUT2D eigenvalue weighted by atomic mass is 16.4. The van der Waals surface area contributed by atoms with Crippen LogP contribution in [0.3, 0.4) is 0 Å². The lowest BCUT2D eigenvalue weighted by molar-refractivity contribution is 0.0883. The molecule has 1 aromatic heterocycles. The minimum atomic E-state index is -0.497. The van der Waals surface area contributed by atoms with E-state index >= 15 is 0 Å². The van der Waals surface area contributed by atoms with E-state index in [-0.39, 0.29) is 22.4 Å². The molecule has 4 N–H and O–H groups in total. The summed E-state index contributed by atoms with van der Waals surface area (Å²) in [4.78, 5) is 17.1. The third-order valence-electron chi connectivity index (χ3n) is 4.28. The van der Waals surface area contributed by atoms with Gasteiger partial charge in [-0.15, -0.1) is 0 Å². The Balaban J connectivity index is 1.91. The van der Waals surface area contributed by atoms with Crippen molar-refractivity contribution in [2.45, 2.75) is 26.8 Å². The number of phenols is 1. The van der Waals surface area contributed by atoms with Gasteiger partial charge in [0.2, 0.25) is 5.89 Å². The van der Waals surface area contributed by atoms with E-state index in [9.17, 15) is 9.90 Å². The number of nitrogen functional groups attached to an aromatic ring is 1. The van der Waals surface area contributed by atoms with Crippen LogP contribution >= 0.6 is 0 Å². The molecule has 27 heavy (non-hydrogen) atoms. The van der Waals surface area contributed by atoms with Crippen LogP contribution < -0.4 is 11.1 Å². The van der Waals surface area contributed by atoms with Crippen LogP contribution in [-0.2, 0) is 0 Å². The molecule has 0 saturated carbocycles. The fraction of sp³-hybridized carbons (Fsp3) is 0.238. The molecule has 6 heteroatoms. The van der Waals surface area contributed by atoms with E-state index in [1.54, 1.807) is 12.3 Å². The highest BCUT2D eigenvalue weighted by Gasteiger charge is 2.33. The predicted molar refractivity (Wildman–Crippen MR) is 104 cm³/mol. The summed E-state index contributed by atoms with van der Waals surface area (Å²) >= 11 is 0. The molecule has 0 aliphatic rings. The fourth-order valence-corrected chi connectivity index (χ4v) is 2.76. The molecular weight excluding hydrogens is 342 g/mol. The second kappa shape index (κ2) is 7.15. The van der Waals surface area contributed by atoms with Gasteiger partial charge in [-0.1, -0.05) is 57.2 Å². The number of nitrogens with two attached hydrogens (primary N) is 1. The predicted octanol–water partition coefficient (Wildman–Crippen LogP) is 4.15. The van der Waals surface area contributed by atoms with Crippen molar-refractivity contribution in [3.05, 3.63) is 66.2 Å². The first kappa shape index (κ1) is 18.5. The molecule has 1 atom stereocenters. The fourth-order valence-electron chi connectivity index (χ4n) is 2.76. The van der Waals surface area contributed by atoms with Crippen LogP contribution in [0.25, 0.3) is 11.3 Å². The number of carbonyl (C=O) groups excluding carboxylic acids is 1. The molecule has 1 unspecified atom stereocenters. The Morgan fingerprint density at radius 2 is 1.85 bits per heavy atom. The number of rotatable bonds is 4. The van der Waals surface area contributed by atoms with Crippen molar-refractivity contribution in [1.82, 2.24) is 10.3 Å². The molecule has 0 aliphatic carbocycles. The Morgan fingerprint density at radius 1 is 1.15 bits per heavy atom. The van der Waals surface area contributed by atoms with Gasteiger partial charge >= 0.3 is 0 Å². The van der Waals surface area contributed by atoms with E-state index in [1.165, 1.54) is 12.1 Å². The molecule has 1 amide bonds. The standard InChI is InChI=1S/C21H23N3O3/c1-21(2,3)18(24-19(26)14-10-7-11-15(22)17(14)25)20-23-12-16(27-20)13-8-5-4-6-9-13/h4-12,18,25H,22H2,1-3H3,(H,24,26). The summed E-state index contributed by atoms with van der Waals surface area (Å²) in [5.41, 5.74) is 6.49. The lowest BCUT2D eigenvalue weighted by Gasteiger charge is -2.29. The first-order valence-corrected chi connectivity index (χ1v) is 8.67. The zero-order valence-electron chi connectivity index (χ0n) is 15.6. The molecular formula is C21H23N3O3. The number of phenolic OH excluding ortho intramolecular Hbond substituents is 1. The minimum absolute atomic E-state index is 0.110. The van der Waals surface area contributed by atoms with Crippen molar-refractivity contribution >= 4 is 11.6 Å². The summed E-state index contributed by atoms with van der Waals surface area (Å²) in [6.07, 6.45) is 1.65. The molecule has 0 saturated heterocycles. The first-order chi connectivity index (χ1) is 12.8. The summed E-state index contributed by atoms with van der Waals surface area (Å²) in [5, 5.41) is 13.0. The Bertz CT molecular complexity index is 943. The normalized spacial score (nSPS) is 12.6. The second-order valence-corrected chi connectivity index (χ2v) is 7.44. The van der Waals surface area contributed by atoms with E-state index in [1.807, 2.05) is 51.1 Å². The van der Waals surface area contributed by atoms with Gasteiger partial charge in [0.05, 0.1) is 17.4 Å². The maximum atomic E-state index is 12.7. The Hall–Kier alpha value is -3.28. The van der Waals surface area contributed by atoms with Crippen LogP contribution in [0.4, 0.5) is 5.69 Å². The summed E-state index contributed by atoms with van der Waals surface area (Å²) < 4.78 is 5.94. The van der Waals surface area contributed by atoms with Crippen LogP contribution in [-0.4, -0.2) is 16.0 Å². The summed E-state index contributed by atoms with van der Waals surface area (Å²) in [5.74, 6) is 0.346. The van der Waals surface area contributed by atoms with Crippen molar-refractivity contribution < 1.29 is 14.3 Å². The number of amides is 1. The first-order valence-electron chi connectivity index (χ1n) is 8.67. The third-order valence-corrected chi connectivity index (χ3v) is 4.28. The van der Waals surface area contributed by atoms with Crippen molar-refractivity contribution in [3.63, 3.8) is 0 Å². The smallest absolute Gasteiger partial charge is 0.255 e. The number of aromatic hydroxyl groups is 1. The Labute approximate surface area is 158 Å². The number of nitrogens with zero attached hydrogens (tertiary/aromatic N) is 1. The molecule has 3 rings (SSSR count). The molecule has 3 aromatic rings.